The summed E-state index contributed by atoms with van der Waals surface area (Å²) in [7, 11) is 0. The van der Waals surface area contributed by atoms with Crippen molar-refractivity contribution in [1.29, 1.82) is 0 Å². The van der Waals surface area contributed by atoms with Gasteiger partial charge in [-0.15, -0.1) is 0 Å². The Morgan fingerprint density at radius 1 is 0.641 bits per heavy atom. The molecule has 8 nitrogen and oxygen atoms in total. The minimum atomic E-state index is -0.533. The minimum absolute atomic E-state index is 0.309. The number of hydrogen-bond acceptors (Lipinski definition) is 8. The van der Waals surface area contributed by atoms with Crippen LogP contribution in [-0.2, 0) is 9.53 Å². The van der Waals surface area contributed by atoms with Crippen molar-refractivity contribution in [2.24, 2.45) is 0 Å². The molecule has 3 aromatic carbocycles. The number of hydrogen-bond donors (Lipinski definition) is 0. The molecule has 0 saturated heterocycles. The Hall–Kier alpha value is -4.59. The summed E-state index contributed by atoms with van der Waals surface area (Å²) >= 11 is 0. The Bertz CT molecular complexity index is 1180. The molecule has 3 aromatic rings. The van der Waals surface area contributed by atoms with Crippen LogP contribution in [0.15, 0.2) is 85.5 Å². The monoisotopic (exact) mass is 534 g/mol. The molecule has 0 aliphatic heterocycles. The fourth-order valence-electron chi connectivity index (χ4n) is 3.07. The van der Waals surface area contributed by atoms with Gasteiger partial charge in [-0.2, -0.15) is 0 Å². The topological polar surface area (TPSA) is 97.4 Å². The molecule has 0 aliphatic carbocycles. The molecule has 0 heterocycles. The summed E-state index contributed by atoms with van der Waals surface area (Å²) in [6, 6.07) is 19.4. The maximum absolute atomic E-state index is 12.5. The van der Waals surface area contributed by atoms with E-state index in [1.807, 2.05) is 20.8 Å². The Labute approximate surface area is 229 Å². The predicted molar refractivity (Wildman–Crippen MR) is 148 cm³/mol. The number of carbonyl (C=O) groups excluding carboxylic acids is 3. The van der Waals surface area contributed by atoms with Gasteiger partial charge in [0, 0.05) is 6.08 Å². The lowest BCUT2D eigenvalue weighted by Crippen LogP contribution is -2.09. The molecular formula is C31H34O8. The largest absolute Gasteiger partial charge is 0.494 e. The number of ether oxygens (including phenoxy) is 5. The average molecular weight is 535 g/mol. The minimum Gasteiger partial charge on any atom is -0.494 e. The number of esters is 3. The Balaban J connectivity index is 0.00000260. The third kappa shape index (κ3) is 10.7. The van der Waals surface area contributed by atoms with Crippen LogP contribution in [0.2, 0.25) is 0 Å². The van der Waals surface area contributed by atoms with E-state index in [1.165, 1.54) is 0 Å². The van der Waals surface area contributed by atoms with Crippen LogP contribution < -0.4 is 18.9 Å². The smallest absolute Gasteiger partial charge is 0.343 e. The number of unbranched alkanes of at least 4 members (excludes halogenated alkanes) is 1. The van der Waals surface area contributed by atoms with E-state index in [0.29, 0.717) is 66.8 Å². The zero-order chi connectivity index (χ0) is 28.5. The van der Waals surface area contributed by atoms with Crippen molar-refractivity contribution in [3.05, 3.63) is 96.6 Å². The van der Waals surface area contributed by atoms with Crippen LogP contribution in [0.3, 0.4) is 0 Å². The molecule has 8 heteroatoms. The van der Waals surface area contributed by atoms with Gasteiger partial charge in [-0.25, -0.2) is 14.4 Å². The van der Waals surface area contributed by atoms with Crippen LogP contribution in [0.25, 0.3) is 0 Å². The molecule has 0 radical (unpaired) electrons. The van der Waals surface area contributed by atoms with Gasteiger partial charge in [0.1, 0.15) is 23.0 Å². The van der Waals surface area contributed by atoms with Gasteiger partial charge in [0.2, 0.25) is 0 Å². The third-order valence-electron chi connectivity index (χ3n) is 4.95. The third-order valence-corrected chi connectivity index (χ3v) is 4.95. The molecule has 0 bridgehead atoms. The highest BCUT2D eigenvalue weighted by Crippen LogP contribution is 2.21. The summed E-state index contributed by atoms with van der Waals surface area (Å²) < 4.78 is 26.6. The van der Waals surface area contributed by atoms with Crippen LogP contribution in [0.1, 0.15) is 54.3 Å². The molecule has 3 rings (SSSR count). The van der Waals surface area contributed by atoms with E-state index >= 15 is 0 Å². The number of carbonyl (C=O) groups is 3. The van der Waals surface area contributed by atoms with Gasteiger partial charge in [-0.05, 0) is 92.6 Å². The Kier molecular flexibility index (Phi) is 13.4. The zero-order valence-corrected chi connectivity index (χ0v) is 22.5. The molecule has 0 saturated carbocycles. The zero-order valence-electron chi connectivity index (χ0n) is 22.5. The van der Waals surface area contributed by atoms with Gasteiger partial charge in [-0.3, -0.25) is 0 Å². The molecule has 0 atom stereocenters. The molecule has 0 unspecified atom stereocenters. The average Bonchev–Trinajstić information content (AvgIpc) is 2.97. The lowest BCUT2D eigenvalue weighted by molar-refractivity contribution is -0.137. The fraction of sp³-hybridized carbons (Fsp3) is 0.258. The van der Waals surface area contributed by atoms with E-state index in [-0.39, 0.29) is 0 Å². The van der Waals surface area contributed by atoms with Crippen LogP contribution in [0.4, 0.5) is 0 Å². The Morgan fingerprint density at radius 3 is 1.49 bits per heavy atom. The van der Waals surface area contributed by atoms with Crippen molar-refractivity contribution < 1.29 is 38.1 Å². The lowest BCUT2D eigenvalue weighted by Gasteiger charge is -2.09. The van der Waals surface area contributed by atoms with Crippen molar-refractivity contribution in [3.63, 3.8) is 0 Å². The first-order chi connectivity index (χ1) is 19.0. The van der Waals surface area contributed by atoms with Crippen LogP contribution in [0.5, 0.6) is 23.0 Å². The summed E-state index contributed by atoms with van der Waals surface area (Å²) in [5.41, 5.74) is 0.745. The summed E-state index contributed by atoms with van der Waals surface area (Å²) in [5, 5.41) is 0. The van der Waals surface area contributed by atoms with Gasteiger partial charge >= 0.3 is 17.9 Å². The van der Waals surface area contributed by atoms with Crippen molar-refractivity contribution in [2.75, 3.05) is 19.8 Å². The first-order valence-corrected chi connectivity index (χ1v) is 12.8. The van der Waals surface area contributed by atoms with Crippen molar-refractivity contribution in [1.82, 2.24) is 0 Å². The summed E-state index contributed by atoms with van der Waals surface area (Å²) in [6.45, 7) is 10.5. The molecule has 0 fully saturated rings. The highest BCUT2D eigenvalue weighted by Gasteiger charge is 2.11. The molecular weight excluding hydrogens is 500 g/mol. The molecule has 39 heavy (non-hydrogen) atoms. The maximum atomic E-state index is 12.5. The number of rotatable bonds is 13. The quantitative estimate of drug-likeness (QED) is 0.107. The van der Waals surface area contributed by atoms with Gasteiger partial charge in [-0.1, -0.05) is 20.4 Å². The second kappa shape index (κ2) is 17.0. The first kappa shape index (κ1) is 30.6. The summed E-state index contributed by atoms with van der Waals surface area (Å²) in [6.07, 6.45) is 2.50. The SMILES string of the molecule is C=CC(=O)OCCCCOc1ccc(C(=O)Oc2ccc(OC(=O)c3ccc(OCC)cc3)cc2)cc1.CC. The molecule has 0 N–H and O–H groups in total. The molecule has 0 amide bonds. The molecule has 0 aromatic heterocycles. The lowest BCUT2D eigenvalue weighted by atomic mass is 10.2. The van der Waals surface area contributed by atoms with E-state index in [0.717, 1.165) is 6.08 Å². The first-order valence-electron chi connectivity index (χ1n) is 12.8. The van der Waals surface area contributed by atoms with Gasteiger partial charge in [0.15, 0.2) is 0 Å². The van der Waals surface area contributed by atoms with Crippen LogP contribution in [0, 0.1) is 0 Å². The molecule has 206 valence electrons. The summed E-state index contributed by atoms with van der Waals surface area (Å²) in [4.78, 5) is 35.7. The highest BCUT2D eigenvalue weighted by atomic mass is 16.5. The van der Waals surface area contributed by atoms with Crippen molar-refractivity contribution >= 4 is 17.9 Å². The van der Waals surface area contributed by atoms with E-state index in [4.69, 9.17) is 23.7 Å². The number of benzene rings is 3. The van der Waals surface area contributed by atoms with Crippen LogP contribution in [-0.4, -0.2) is 37.7 Å². The van der Waals surface area contributed by atoms with E-state index in [2.05, 4.69) is 6.58 Å². The molecule has 0 aliphatic rings. The predicted octanol–water partition coefficient (Wildman–Crippen LogP) is 6.44. The van der Waals surface area contributed by atoms with Crippen molar-refractivity contribution in [3.8, 4) is 23.0 Å². The highest BCUT2D eigenvalue weighted by molar-refractivity contribution is 5.92. The van der Waals surface area contributed by atoms with Gasteiger partial charge in [0.05, 0.1) is 30.9 Å². The van der Waals surface area contributed by atoms with Gasteiger partial charge < -0.3 is 23.7 Å². The molecule has 0 spiro atoms. The normalized spacial score (nSPS) is 9.82. The second-order valence-electron chi connectivity index (χ2n) is 7.66. The van der Waals surface area contributed by atoms with Gasteiger partial charge in [0.25, 0.3) is 0 Å². The second-order valence-corrected chi connectivity index (χ2v) is 7.66. The van der Waals surface area contributed by atoms with E-state index < -0.39 is 17.9 Å². The van der Waals surface area contributed by atoms with E-state index in [1.54, 1.807) is 72.8 Å². The maximum Gasteiger partial charge on any atom is 0.343 e. The fourth-order valence-corrected chi connectivity index (χ4v) is 3.07. The van der Waals surface area contributed by atoms with Crippen molar-refractivity contribution in [2.45, 2.75) is 33.6 Å². The van der Waals surface area contributed by atoms with E-state index in [9.17, 15) is 14.4 Å². The standard InChI is InChI=1S/C29H28O8.C2H6/c1-3-27(30)35-20-6-5-19-34-24-13-9-22(10-14-24)29(32)37-26-17-15-25(16-18-26)36-28(31)21-7-11-23(12-8-21)33-4-2;1-2/h3,7-18H,1,4-6,19-20H2,2H3;1-2H3. The van der Waals surface area contributed by atoms with Crippen LogP contribution >= 0.6 is 0 Å². The Morgan fingerprint density at radius 2 is 1.05 bits per heavy atom. The summed E-state index contributed by atoms with van der Waals surface area (Å²) in [5.74, 6) is 0.428.